The van der Waals surface area contributed by atoms with E-state index in [0.717, 1.165) is 29.8 Å². The van der Waals surface area contributed by atoms with Gasteiger partial charge in [-0.2, -0.15) is 0 Å². The predicted molar refractivity (Wildman–Crippen MR) is 59.7 cm³/mol. The van der Waals surface area contributed by atoms with Crippen molar-refractivity contribution in [3.63, 3.8) is 0 Å². The van der Waals surface area contributed by atoms with Crippen molar-refractivity contribution in [3.05, 3.63) is 12.3 Å². The van der Waals surface area contributed by atoms with E-state index in [1.54, 1.807) is 7.05 Å². The third-order valence-electron chi connectivity index (χ3n) is 3.13. The van der Waals surface area contributed by atoms with Gasteiger partial charge in [0.05, 0.1) is 19.6 Å². The summed E-state index contributed by atoms with van der Waals surface area (Å²) in [5.41, 5.74) is 1.01. The van der Waals surface area contributed by atoms with E-state index < -0.39 is 0 Å². The zero-order valence-corrected chi connectivity index (χ0v) is 9.89. The van der Waals surface area contributed by atoms with Gasteiger partial charge in [-0.3, -0.25) is 9.28 Å². The third kappa shape index (κ3) is 2.84. The molecule has 0 aliphatic carbocycles. The Kier molecular flexibility index (Phi) is 5.46. The molecule has 0 rings (SSSR count). The minimum atomic E-state index is 0.0489. The molecule has 0 unspecified atom stereocenters. The topological polar surface area (TPSA) is 29.1 Å². The van der Waals surface area contributed by atoms with Crippen LogP contribution in [-0.2, 0) is 4.79 Å². The van der Waals surface area contributed by atoms with E-state index in [0.29, 0.717) is 6.42 Å². The first-order valence-electron chi connectivity index (χ1n) is 5.31. The van der Waals surface area contributed by atoms with Gasteiger partial charge in [0.1, 0.15) is 12.1 Å². The van der Waals surface area contributed by atoms with Crippen LogP contribution in [0.15, 0.2) is 12.3 Å². The Morgan fingerprint density at radius 3 is 1.93 bits per heavy atom. The molecule has 0 heterocycles. The normalized spacial score (nSPS) is 11.1. The van der Waals surface area contributed by atoms with Gasteiger partial charge in [0.15, 0.2) is 0 Å². The van der Waals surface area contributed by atoms with Gasteiger partial charge in [-0.1, -0.05) is 0 Å². The Morgan fingerprint density at radius 1 is 1.21 bits per heavy atom. The molecule has 0 aromatic rings. The molecule has 0 spiro atoms. The van der Waals surface area contributed by atoms with E-state index >= 15 is 0 Å². The van der Waals surface area contributed by atoms with Crippen LogP contribution in [0.25, 0.3) is 0 Å². The maximum atomic E-state index is 11.2. The number of quaternary nitrogens is 1. The van der Waals surface area contributed by atoms with Crippen LogP contribution in [0, 0.1) is 0 Å². The van der Waals surface area contributed by atoms with Gasteiger partial charge in [0.25, 0.3) is 0 Å². The first kappa shape index (κ1) is 13.2. The lowest BCUT2D eigenvalue weighted by molar-refractivity contribution is -0.887. The standard InChI is InChI=1S/C11H22N2O/c1-6-13(7-2,8-3)10(4)9-11(14)12-5/h4,6-9H2,1-3,5H3/p+1. The van der Waals surface area contributed by atoms with E-state index in [9.17, 15) is 4.79 Å². The number of hydrogen-bond donors (Lipinski definition) is 1. The molecule has 0 saturated carbocycles. The number of nitrogens with zero attached hydrogens (tertiary/aromatic N) is 1. The third-order valence-corrected chi connectivity index (χ3v) is 3.13. The van der Waals surface area contributed by atoms with Crippen LogP contribution in [0.3, 0.4) is 0 Å². The molecule has 0 atom stereocenters. The van der Waals surface area contributed by atoms with Crippen molar-refractivity contribution >= 4 is 5.91 Å². The highest BCUT2D eigenvalue weighted by Gasteiger charge is 2.26. The van der Waals surface area contributed by atoms with E-state index in [4.69, 9.17) is 0 Å². The Hall–Kier alpha value is -0.830. The lowest BCUT2D eigenvalue weighted by Gasteiger charge is -2.36. The van der Waals surface area contributed by atoms with Crippen molar-refractivity contribution in [2.45, 2.75) is 27.2 Å². The SMILES string of the molecule is C=C(CC(=O)NC)[N+](CC)(CC)CC. The monoisotopic (exact) mass is 199 g/mol. The zero-order valence-electron chi connectivity index (χ0n) is 9.89. The fraction of sp³-hybridized carbons (Fsp3) is 0.727. The lowest BCUT2D eigenvalue weighted by atomic mass is 10.2. The van der Waals surface area contributed by atoms with E-state index in [2.05, 4.69) is 32.7 Å². The van der Waals surface area contributed by atoms with Crippen LogP contribution in [-0.4, -0.2) is 37.1 Å². The zero-order chi connectivity index (χ0) is 11.2. The van der Waals surface area contributed by atoms with Crippen LogP contribution >= 0.6 is 0 Å². The summed E-state index contributed by atoms with van der Waals surface area (Å²) < 4.78 is 0.841. The molecule has 0 saturated heterocycles. The number of carbonyl (C=O) groups is 1. The molecule has 3 heteroatoms. The van der Waals surface area contributed by atoms with E-state index in [1.165, 1.54) is 0 Å². The molecule has 1 amide bonds. The smallest absolute Gasteiger partial charge is 0.229 e. The van der Waals surface area contributed by atoms with Crippen LogP contribution in [0.1, 0.15) is 27.2 Å². The van der Waals surface area contributed by atoms with E-state index in [-0.39, 0.29) is 5.91 Å². The predicted octanol–water partition coefficient (Wildman–Crippen LogP) is 1.51. The van der Waals surface area contributed by atoms with Gasteiger partial charge in [0.2, 0.25) is 5.91 Å². The minimum absolute atomic E-state index is 0.0489. The van der Waals surface area contributed by atoms with Crippen molar-refractivity contribution in [1.29, 1.82) is 0 Å². The van der Waals surface area contributed by atoms with Gasteiger partial charge in [-0.05, 0) is 27.4 Å². The van der Waals surface area contributed by atoms with E-state index in [1.807, 2.05) is 0 Å². The van der Waals surface area contributed by atoms with Gasteiger partial charge in [-0.25, -0.2) is 0 Å². The average Bonchev–Trinajstić information content (AvgIpc) is 2.21. The summed E-state index contributed by atoms with van der Waals surface area (Å²) in [4.78, 5) is 11.2. The molecule has 0 radical (unpaired) electrons. The van der Waals surface area contributed by atoms with Crippen molar-refractivity contribution < 1.29 is 9.28 Å². The first-order valence-corrected chi connectivity index (χ1v) is 5.31. The highest BCUT2D eigenvalue weighted by molar-refractivity contribution is 5.77. The molecule has 82 valence electrons. The summed E-state index contributed by atoms with van der Waals surface area (Å²) in [6.07, 6.45) is 0.437. The summed E-state index contributed by atoms with van der Waals surface area (Å²) in [5.74, 6) is 0.0489. The van der Waals surface area contributed by atoms with Crippen LogP contribution in [0.5, 0.6) is 0 Å². The molecule has 0 aliphatic rings. The molecule has 0 bridgehead atoms. The maximum Gasteiger partial charge on any atom is 0.229 e. The summed E-state index contributed by atoms with van der Waals surface area (Å²) >= 11 is 0. The quantitative estimate of drug-likeness (QED) is 0.646. The Bertz CT molecular complexity index is 199. The van der Waals surface area contributed by atoms with Crippen LogP contribution in [0.2, 0.25) is 0 Å². The average molecular weight is 199 g/mol. The molecule has 14 heavy (non-hydrogen) atoms. The Morgan fingerprint density at radius 2 is 1.64 bits per heavy atom. The van der Waals surface area contributed by atoms with Gasteiger partial charge in [0, 0.05) is 7.05 Å². The Balaban J connectivity index is 4.52. The second-order valence-corrected chi connectivity index (χ2v) is 3.51. The second kappa shape index (κ2) is 5.81. The molecule has 0 aromatic heterocycles. The van der Waals surface area contributed by atoms with Gasteiger partial charge < -0.3 is 5.32 Å². The number of amides is 1. The van der Waals surface area contributed by atoms with Crippen molar-refractivity contribution in [2.24, 2.45) is 0 Å². The molecule has 1 N–H and O–H groups in total. The second-order valence-electron chi connectivity index (χ2n) is 3.51. The van der Waals surface area contributed by atoms with Crippen LogP contribution in [0.4, 0.5) is 0 Å². The molecule has 0 aliphatic heterocycles. The first-order chi connectivity index (χ1) is 6.56. The number of carbonyl (C=O) groups excluding carboxylic acids is 1. The fourth-order valence-electron chi connectivity index (χ4n) is 1.78. The van der Waals surface area contributed by atoms with Gasteiger partial charge in [-0.15, -0.1) is 0 Å². The molecular formula is C11H23N2O+. The highest BCUT2D eigenvalue weighted by atomic mass is 16.1. The highest BCUT2D eigenvalue weighted by Crippen LogP contribution is 2.18. The molecular weight excluding hydrogens is 176 g/mol. The number of nitrogens with one attached hydrogen (secondary N) is 1. The Labute approximate surface area is 87.4 Å². The number of hydrogen-bond acceptors (Lipinski definition) is 1. The summed E-state index contributed by atoms with van der Waals surface area (Å²) in [7, 11) is 1.66. The number of rotatable bonds is 6. The summed E-state index contributed by atoms with van der Waals surface area (Å²) in [6.45, 7) is 13.5. The largest absolute Gasteiger partial charge is 0.359 e. The molecule has 0 fully saturated rings. The molecule has 0 aromatic carbocycles. The summed E-state index contributed by atoms with van der Waals surface area (Å²) in [5, 5.41) is 2.63. The molecule has 3 nitrogen and oxygen atoms in total. The lowest BCUT2D eigenvalue weighted by Crippen LogP contribution is -2.47. The van der Waals surface area contributed by atoms with Crippen molar-refractivity contribution in [3.8, 4) is 0 Å². The van der Waals surface area contributed by atoms with Crippen LogP contribution < -0.4 is 5.32 Å². The fourth-order valence-corrected chi connectivity index (χ4v) is 1.78. The summed E-state index contributed by atoms with van der Waals surface area (Å²) in [6, 6.07) is 0. The van der Waals surface area contributed by atoms with Crippen molar-refractivity contribution in [1.82, 2.24) is 5.32 Å². The minimum Gasteiger partial charge on any atom is -0.359 e. The van der Waals surface area contributed by atoms with Gasteiger partial charge >= 0.3 is 0 Å². The van der Waals surface area contributed by atoms with Crippen molar-refractivity contribution in [2.75, 3.05) is 26.7 Å². The maximum absolute atomic E-state index is 11.2.